The van der Waals surface area contributed by atoms with Gasteiger partial charge in [-0.25, -0.2) is 0 Å². The lowest BCUT2D eigenvalue weighted by molar-refractivity contribution is 0.0475. The molecule has 2 saturated heterocycles. The van der Waals surface area contributed by atoms with E-state index in [4.69, 9.17) is 9.47 Å². The van der Waals surface area contributed by atoms with Gasteiger partial charge in [0.2, 0.25) is 0 Å². The second kappa shape index (κ2) is 5.80. The normalized spacial score (nSPS) is 36.4. The third-order valence-corrected chi connectivity index (χ3v) is 6.50. The Hall–Kier alpha value is -1.94. The average Bonchev–Trinajstić information content (AvgIpc) is 2.95. The number of allylic oxidation sites excluding steroid dienone is 4. The van der Waals surface area contributed by atoms with Gasteiger partial charge in [-0.05, 0) is 58.4 Å². The Morgan fingerprint density at radius 2 is 2.28 bits per heavy atom. The largest absolute Gasteiger partial charge is 0.504 e. The molecule has 2 bridgehead atoms. The van der Waals surface area contributed by atoms with E-state index in [1.54, 1.807) is 7.11 Å². The second-order valence-corrected chi connectivity index (χ2v) is 7.64. The molecule has 2 aliphatic carbocycles. The molecule has 0 saturated carbocycles. The molecular weight excluding hydrogens is 314 g/mol. The maximum Gasteiger partial charge on any atom is 0.169 e. The Kier molecular flexibility index (Phi) is 3.84. The predicted octanol–water partition coefficient (Wildman–Crippen LogP) is 4.00. The van der Waals surface area contributed by atoms with E-state index in [0.29, 0.717) is 11.8 Å². The fourth-order valence-corrected chi connectivity index (χ4v) is 5.20. The fourth-order valence-electron chi connectivity index (χ4n) is 5.20. The van der Waals surface area contributed by atoms with Crippen molar-refractivity contribution in [1.82, 2.24) is 4.90 Å². The molecule has 4 heteroatoms. The van der Waals surface area contributed by atoms with E-state index in [2.05, 4.69) is 31.5 Å². The lowest BCUT2D eigenvalue weighted by Crippen LogP contribution is -2.47. The standard InChI is InChI=1S/C21H27NO3/c1-5-16(23)19-18-13(2)12-15-8-6-14-7-9-17(24-4)20(25-19)21(14,18)10-11-22(15)3/h5,7,9,15,20,23H,1,6,8,10-12H2,2-4H3/t15?,20?,21-/m0/s1. The number of nitrogens with zero attached hydrogens (tertiary/aromatic N) is 1. The highest BCUT2D eigenvalue weighted by molar-refractivity contribution is 5.56. The van der Waals surface area contributed by atoms with E-state index in [1.165, 1.54) is 22.8 Å². The molecule has 0 aromatic carbocycles. The van der Waals surface area contributed by atoms with Crippen molar-refractivity contribution in [2.24, 2.45) is 5.41 Å². The Labute approximate surface area is 149 Å². The molecule has 0 radical (unpaired) electrons. The molecule has 0 amide bonds. The van der Waals surface area contributed by atoms with Crippen LogP contribution >= 0.6 is 0 Å². The van der Waals surface area contributed by atoms with Crippen molar-refractivity contribution < 1.29 is 14.6 Å². The first-order valence-corrected chi connectivity index (χ1v) is 9.11. The summed E-state index contributed by atoms with van der Waals surface area (Å²) in [5.41, 5.74) is 3.65. The van der Waals surface area contributed by atoms with Gasteiger partial charge in [0.1, 0.15) is 5.76 Å². The Morgan fingerprint density at radius 3 is 3.00 bits per heavy atom. The van der Waals surface area contributed by atoms with Gasteiger partial charge in [0.15, 0.2) is 17.6 Å². The van der Waals surface area contributed by atoms with Crippen LogP contribution in [0.25, 0.3) is 0 Å². The highest BCUT2D eigenvalue weighted by Gasteiger charge is 2.59. The SMILES string of the molecule is C=CC(O)=C1OC2C(OC)=CC=C3CCC4CC(C)=C1[C@]32CCN4C. The van der Waals surface area contributed by atoms with Crippen LogP contribution < -0.4 is 0 Å². The zero-order valence-electron chi connectivity index (χ0n) is 15.3. The molecule has 1 N–H and O–H groups in total. The minimum Gasteiger partial charge on any atom is -0.504 e. The molecule has 2 fully saturated rings. The Morgan fingerprint density at radius 1 is 1.48 bits per heavy atom. The van der Waals surface area contributed by atoms with Crippen molar-refractivity contribution in [2.75, 3.05) is 20.7 Å². The molecule has 5 aliphatic rings. The van der Waals surface area contributed by atoms with Crippen molar-refractivity contribution in [1.29, 1.82) is 0 Å². The molecule has 2 unspecified atom stereocenters. The molecule has 3 atom stereocenters. The first-order valence-electron chi connectivity index (χ1n) is 9.11. The average molecular weight is 341 g/mol. The molecule has 0 aromatic heterocycles. The number of hydrogen-bond donors (Lipinski definition) is 1. The van der Waals surface area contributed by atoms with Crippen LogP contribution in [0.2, 0.25) is 0 Å². The second-order valence-electron chi connectivity index (χ2n) is 7.64. The van der Waals surface area contributed by atoms with Gasteiger partial charge in [0, 0.05) is 11.6 Å². The fraction of sp³-hybridized carbons (Fsp3) is 0.524. The molecule has 134 valence electrons. The van der Waals surface area contributed by atoms with E-state index >= 15 is 0 Å². The predicted molar refractivity (Wildman–Crippen MR) is 97.9 cm³/mol. The van der Waals surface area contributed by atoms with Gasteiger partial charge in [-0.2, -0.15) is 0 Å². The van der Waals surface area contributed by atoms with E-state index < -0.39 is 0 Å². The maximum atomic E-state index is 10.5. The van der Waals surface area contributed by atoms with Crippen LogP contribution in [0.5, 0.6) is 0 Å². The molecule has 3 heterocycles. The Balaban J connectivity index is 2.02. The molecule has 4 nitrogen and oxygen atoms in total. The lowest BCUT2D eigenvalue weighted by atomic mass is 9.61. The van der Waals surface area contributed by atoms with E-state index in [1.807, 2.05) is 6.08 Å². The first-order chi connectivity index (χ1) is 12.0. The van der Waals surface area contributed by atoms with E-state index in [0.717, 1.165) is 38.0 Å². The van der Waals surface area contributed by atoms with Crippen LogP contribution in [0, 0.1) is 5.41 Å². The van der Waals surface area contributed by atoms with Crippen LogP contribution in [0.3, 0.4) is 0 Å². The van der Waals surface area contributed by atoms with Crippen LogP contribution in [-0.4, -0.2) is 42.9 Å². The molecule has 25 heavy (non-hydrogen) atoms. The highest BCUT2D eigenvalue weighted by atomic mass is 16.5. The van der Waals surface area contributed by atoms with Crippen molar-refractivity contribution >= 4 is 0 Å². The third kappa shape index (κ3) is 2.16. The van der Waals surface area contributed by atoms with Gasteiger partial charge in [0.25, 0.3) is 0 Å². The van der Waals surface area contributed by atoms with Crippen molar-refractivity contribution in [3.8, 4) is 0 Å². The number of ether oxygens (including phenoxy) is 2. The smallest absolute Gasteiger partial charge is 0.169 e. The van der Waals surface area contributed by atoms with Gasteiger partial charge < -0.3 is 19.5 Å². The van der Waals surface area contributed by atoms with Gasteiger partial charge in [-0.1, -0.05) is 23.8 Å². The van der Waals surface area contributed by atoms with Crippen LogP contribution in [0.15, 0.2) is 58.8 Å². The summed E-state index contributed by atoms with van der Waals surface area (Å²) in [6, 6.07) is 0.533. The first kappa shape index (κ1) is 16.5. The zero-order valence-corrected chi connectivity index (χ0v) is 15.3. The summed E-state index contributed by atoms with van der Waals surface area (Å²) in [7, 11) is 3.93. The highest BCUT2D eigenvalue weighted by Crippen LogP contribution is 2.61. The number of methoxy groups -OCH3 is 1. The van der Waals surface area contributed by atoms with Crippen LogP contribution in [0.4, 0.5) is 0 Å². The molecule has 0 aromatic rings. The maximum absolute atomic E-state index is 10.5. The number of aliphatic hydroxyl groups is 1. The molecular formula is C21H27NO3. The summed E-state index contributed by atoms with van der Waals surface area (Å²) in [5, 5.41) is 10.5. The summed E-state index contributed by atoms with van der Waals surface area (Å²) in [4.78, 5) is 2.49. The quantitative estimate of drug-likeness (QED) is 0.771. The topological polar surface area (TPSA) is 41.9 Å². The Bertz CT molecular complexity index is 742. The number of fused-ring (bicyclic) bond motifs is 4. The summed E-state index contributed by atoms with van der Waals surface area (Å²) < 4.78 is 12.1. The zero-order chi connectivity index (χ0) is 17.8. The van der Waals surface area contributed by atoms with Crippen LogP contribution in [0.1, 0.15) is 32.6 Å². The number of aliphatic hydroxyl groups excluding tert-OH is 1. The lowest BCUT2D eigenvalue weighted by Gasteiger charge is -2.46. The van der Waals surface area contributed by atoms with Gasteiger partial charge in [-0.3, -0.25) is 0 Å². The van der Waals surface area contributed by atoms with Gasteiger partial charge in [-0.15, -0.1) is 0 Å². The summed E-state index contributed by atoms with van der Waals surface area (Å²) in [6.45, 7) is 6.95. The summed E-state index contributed by atoms with van der Waals surface area (Å²) in [6.07, 6.45) is 9.74. The summed E-state index contributed by atoms with van der Waals surface area (Å²) >= 11 is 0. The van der Waals surface area contributed by atoms with Crippen molar-refractivity contribution in [2.45, 2.75) is 44.8 Å². The molecule has 5 rings (SSSR count). The summed E-state index contributed by atoms with van der Waals surface area (Å²) in [5.74, 6) is 1.56. The monoisotopic (exact) mass is 341 g/mol. The minimum absolute atomic E-state index is 0.129. The van der Waals surface area contributed by atoms with E-state index in [9.17, 15) is 5.11 Å². The molecule has 3 aliphatic heterocycles. The number of rotatable bonds is 2. The van der Waals surface area contributed by atoms with E-state index in [-0.39, 0.29) is 17.3 Å². The third-order valence-electron chi connectivity index (χ3n) is 6.50. The van der Waals surface area contributed by atoms with Gasteiger partial charge >= 0.3 is 0 Å². The minimum atomic E-state index is -0.240. The van der Waals surface area contributed by atoms with Gasteiger partial charge in [0.05, 0.1) is 12.5 Å². The van der Waals surface area contributed by atoms with Crippen molar-refractivity contribution in [3.63, 3.8) is 0 Å². The van der Waals surface area contributed by atoms with Crippen molar-refractivity contribution in [3.05, 3.63) is 58.8 Å². The number of hydrogen-bond acceptors (Lipinski definition) is 4. The molecule has 1 spiro atoms. The van der Waals surface area contributed by atoms with Crippen LogP contribution in [-0.2, 0) is 9.47 Å².